The second-order valence-corrected chi connectivity index (χ2v) is 12.9. The van der Waals surface area contributed by atoms with Gasteiger partial charge >= 0.3 is 0 Å². The van der Waals surface area contributed by atoms with Crippen molar-refractivity contribution in [3.63, 3.8) is 0 Å². The molecule has 0 aromatic carbocycles. The maximum absolute atomic E-state index is 13.3. The Morgan fingerprint density at radius 2 is 0.821 bits per heavy atom. The molecule has 56 heavy (non-hydrogen) atoms. The lowest BCUT2D eigenvalue weighted by Gasteiger charge is -2.30. The van der Waals surface area contributed by atoms with Crippen LogP contribution in [0.25, 0.3) is 0 Å². The molecule has 0 saturated carbocycles. The molecule has 0 aromatic rings. The predicted octanol–water partition coefficient (Wildman–Crippen LogP) is -8.08. The summed E-state index contributed by atoms with van der Waals surface area (Å²) in [6.07, 6.45) is 2.54. The van der Waals surface area contributed by atoms with Gasteiger partial charge in [0.1, 0.15) is 12.1 Å². The summed E-state index contributed by atoms with van der Waals surface area (Å²) in [5.74, 6) is -8.77. The van der Waals surface area contributed by atoms with Crippen LogP contribution >= 0.6 is 0 Å². The Bertz CT molecular complexity index is 1550. The number of piperidine rings is 1. The summed E-state index contributed by atoms with van der Waals surface area (Å²) in [5.41, 5.74) is 0. The number of amides is 12. The molecule has 3 saturated heterocycles. The Kier molecular flexibility index (Phi) is 17.9. The van der Waals surface area contributed by atoms with E-state index < -0.39 is 148 Å². The first-order valence-electron chi connectivity index (χ1n) is 18.0. The molecule has 2 atom stereocenters. The number of hydrogen-bond acceptors (Lipinski definition) is 12. The Morgan fingerprint density at radius 3 is 1.29 bits per heavy atom. The lowest BCUT2D eigenvalue weighted by Crippen LogP contribution is -2.54. The van der Waals surface area contributed by atoms with Gasteiger partial charge < -0.3 is 63.0 Å². The number of fused-ring (bicyclic) bond motifs is 1. The maximum atomic E-state index is 13.3. The summed E-state index contributed by atoms with van der Waals surface area (Å²) >= 11 is 0. The summed E-state index contributed by atoms with van der Waals surface area (Å²) in [5, 5.41) is 22.9. The van der Waals surface area contributed by atoms with E-state index in [1.54, 1.807) is 0 Å². The SMILES string of the molecule is O=C1CNC(=O)CNC(=O)CNC(=O)CC(C(=O)N2CCCCC2)NC(=O)CNC(=O)CNC(=O)C2CCCN2C(=O)CNC(=O)CNC(=O)CNC(=O)CN1. The van der Waals surface area contributed by atoms with Gasteiger partial charge in [0.15, 0.2) is 0 Å². The van der Waals surface area contributed by atoms with Gasteiger partial charge in [-0.15, -0.1) is 0 Å². The zero-order valence-electron chi connectivity index (χ0n) is 30.7. The molecule has 2 unspecified atom stereocenters. The van der Waals surface area contributed by atoms with Gasteiger partial charge in [-0.25, -0.2) is 0 Å². The molecule has 3 fully saturated rings. The Morgan fingerprint density at radius 1 is 0.429 bits per heavy atom. The van der Waals surface area contributed by atoms with Crippen LogP contribution in [0.3, 0.4) is 0 Å². The lowest BCUT2D eigenvalue weighted by molar-refractivity contribution is -0.139. The summed E-state index contributed by atoms with van der Waals surface area (Å²) in [4.78, 5) is 152. The number of likely N-dealkylation sites (tertiary alicyclic amines) is 1. The summed E-state index contributed by atoms with van der Waals surface area (Å²) in [7, 11) is 0. The number of carbonyl (C=O) groups excluding carboxylic acids is 12. The second-order valence-electron chi connectivity index (χ2n) is 12.9. The van der Waals surface area contributed by atoms with E-state index in [1.807, 2.05) is 0 Å². The van der Waals surface area contributed by atoms with Gasteiger partial charge in [0, 0.05) is 19.6 Å². The van der Waals surface area contributed by atoms with Crippen LogP contribution in [0.1, 0.15) is 38.5 Å². The van der Waals surface area contributed by atoms with E-state index in [-0.39, 0.29) is 13.0 Å². The fraction of sp³-hybridized carbons (Fsp3) is 0.625. The third-order valence-corrected chi connectivity index (χ3v) is 8.55. The first-order chi connectivity index (χ1) is 26.7. The van der Waals surface area contributed by atoms with Crippen molar-refractivity contribution in [3.05, 3.63) is 0 Å². The van der Waals surface area contributed by atoms with Gasteiger partial charge in [0.25, 0.3) is 0 Å². The average molecular weight is 793 g/mol. The molecule has 10 N–H and O–H groups in total. The normalized spacial score (nSPS) is 23.5. The van der Waals surface area contributed by atoms with Crippen LogP contribution in [0, 0.1) is 0 Å². The molecule has 308 valence electrons. The largest absolute Gasteiger partial charge is 0.347 e. The highest BCUT2D eigenvalue weighted by atomic mass is 16.2. The maximum Gasteiger partial charge on any atom is 0.245 e. The van der Waals surface area contributed by atoms with Crippen LogP contribution in [0.4, 0.5) is 0 Å². The molecule has 0 radical (unpaired) electrons. The number of nitrogens with one attached hydrogen (secondary N) is 10. The third kappa shape index (κ3) is 15.9. The van der Waals surface area contributed by atoms with Crippen molar-refractivity contribution in [1.82, 2.24) is 63.0 Å². The molecule has 24 heteroatoms. The monoisotopic (exact) mass is 792 g/mol. The minimum atomic E-state index is -1.35. The van der Waals surface area contributed by atoms with Crippen LogP contribution in [0.15, 0.2) is 0 Å². The molecule has 0 aliphatic carbocycles. The molecule has 0 aromatic heterocycles. The fourth-order valence-electron chi connectivity index (χ4n) is 5.63. The first kappa shape index (κ1) is 44.0. The van der Waals surface area contributed by atoms with Crippen molar-refractivity contribution in [1.29, 1.82) is 0 Å². The molecule has 3 aliphatic rings. The average Bonchev–Trinajstić information content (AvgIpc) is 3.69. The smallest absolute Gasteiger partial charge is 0.245 e. The molecule has 0 bridgehead atoms. The molecule has 12 amide bonds. The van der Waals surface area contributed by atoms with E-state index in [4.69, 9.17) is 0 Å². The number of hydrogen-bond donors (Lipinski definition) is 10. The highest BCUT2D eigenvalue weighted by Crippen LogP contribution is 2.17. The lowest BCUT2D eigenvalue weighted by atomic mass is 10.1. The summed E-state index contributed by atoms with van der Waals surface area (Å²) in [6.45, 7) is -4.05. The van der Waals surface area contributed by atoms with Gasteiger partial charge in [0.05, 0.1) is 65.3 Å². The summed E-state index contributed by atoms with van der Waals surface area (Å²) < 4.78 is 0. The van der Waals surface area contributed by atoms with E-state index in [0.717, 1.165) is 19.3 Å². The first-order valence-corrected chi connectivity index (χ1v) is 18.0. The zero-order valence-corrected chi connectivity index (χ0v) is 30.7. The Hall–Kier alpha value is -6.36. The van der Waals surface area contributed by atoms with E-state index in [1.165, 1.54) is 9.80 Å². The van der Waals surface area contributed by atoms with Crippen molar-refractivity contribution in [2.75, 3.05) is 78.5 Å². The predicted molar refractivity (Wildman–Crippen MR) is 189 cm³/mol. The minimum Gasteiger partial charge on any atom is -0.347 e. The second kappa shape index (κ2) is 22.8. The van der Waals surface area contributed by atoms with Crippen LogP contribution < -0.4 is 53.2 Å². The Labute approximate surface area is 320 Å². The number of nitrogens with zero attached hydrogens (tertiary/aromatic N) is 2. The molecule has 3 heterocycles. The van der Waals surface area contributed by atoms with Crippen molar-refractivity contribution < 1.29 is 57.5 Å². The van der Waals surface area contributed by atoms with Gasteiger partial charge in [-0.3, -0.25) is 57.5 Å². The van der Waals surface area contributed by atoms with Gasteiger partial charge in [0.2, 0.25) is 70.9 Å². The highest BCUT2D eigenvalue weighted by molar-refractivity contribution is 5.96. The van der Waals surface area contributed by atoms with E-state index in [9.17, 15) is 57.5 Å². The van der Waals surface area contributed by atoms with E-state index in [0.29, 0.717) is 19.5 Å². The fourth-order valence-corrected chi connectivity index (χ4v) is 5.63. The molecular weight excluding hydrogens is 744 g/mol. The quantitative estimate of drug-likeness (QED) is 0.118. The van der Waals surface area contributed by atoms with Crippen LogP contribution in [0.5, 0.6) is 0 Å². The molecule has 0 spiro atoms. The van der Waals surface area contributed by atoms with Crippen molar-refractivity contribution >= 4 is 70.9 Å². The van der Waals surface area contributed by atoms with Gasteiger partial charge in [-0.1, -0.05) is 0 Å². The van der Waals surface area contributed by atoms with Crippen LogP contribution in [0.2, 0.25) is 0 Å². The zero-order chi connectivity index (χ0) is 41.0. The van der Waals surface area contributed by atoms with E-state index >= 15 is 0 Å². The Balaban J connectivity index is 1.62. The van der Waals surface area contributed by atoms with Gasteiger partial charge in [-0.05, 0) is 32.1 Å². The van der Waals surface area contributed by atoms with E-state index in [2.05, 4.69) is 53.2 Å². The van der Waals surface area contributed by atoms with Crippen molar-refractivity contribution in [2.45, 2.75) is 50.6 Å². The molecular formula is C32H48N12O12. The van der Waals surface area contributed by atoms with Crippen molar-refractivity contribution in [3.8, 4) is 0 Å². The number of carbonyl (C=O) groups is 12. The topological polar surface area (TPSA) is 332 Å². The highest BCUT2D eigenvalue weighted by Gasteiger charge is 2.34. The minimum absolute atomic E-state index is 0.202. The number of rotatable bonds is 1. The van der Waals surface area contributed by atoms with Crippen molar-refractivity contribution in [2.24, 2.45) is 0 Å². The van der Waals surface area contributed by atoms with Crippen LogP contribution in [-0.4, -0.2) is 171 Å². The van der Waals surface area contributed by atoms with Crippen LogP contribution in [-0.2, 0) is 57.5 Å². The molecule has 3 rings (SSSR count). The van der Waals surface area contributed by atoms with Gasteiger partial charge in [-0.2, -0.15) is 0 Å². The molecule has 24 nitrogen and oxygen atoms in total. The summed E-state index contributed by atoms with van der Waals surface area (Å²) in [6, 6.07) is -2.29. The standard InChI is InChI=1S/C32H48N12O12/c45-21-9-19(32(56)43-6-2-1-3-7-43)42-29(53)17-39-28(52)16-41-31(55)20-5-4-8-44(20)30(54)18-40-27(51)15-38-26(50)14-37-25(49)13-36-24(48)12-35-23(47)11-34-22(46)10-33-21/h19-20H,1-18H2,(H,33,45)(H,34,46)(H,35,47)(H,36,48)(H,37,49)(H,38,50)(H,39,52)(H,40,51)(H,41,55)(H,42,53). The third-order valence-electron chi connectivity index (χ3n) is 8.55. The molecule has 3 aliphatic heterocycles.